The zero-order valence-corrected chi connectivity index (χ0v) is 38.4. The maximum Gasteiger partial charge on any atom is 0.352 e. The van der Waals surface area contributed by atoms with Crippen LogP contribution >= 0.6 is 11.6 Å². The molecule has 16 nitrogen and oxygen atoms in total. The minimum Gasteiger partial charge on any atom is -0.494 e. The summed E-state index contributed by atoms with van der Waals surface area (Å²) in [5.41, 5.74) is 7.46. The van der Waals surface area contributed by atoms with Gasteiger partial charge in [0.15, 0.2) is 0 Å². The lowest BCUT2D eigenvalue weighted by molar-refractivity contribution is -0.129. The molecular formula is C48H61ClN8O8. The fourth-order valence-corrected chi connectivity index (χ4v) is 10.1. The summed E-state index contributed by atoms with van der Waals surface area (Å²) in [5.74, 6) is -1.20. The number of allylic oxidation sites excluding steroid dienone is 1. The van der Waals surface area contributed by atoms with E-state index in [0.29, 0.717) is 74.8 Å². The summed E-state index contributed by atoms with van der Waals surface area (Å²) < 4.78 is 13.8. The van der Waals surface area contributed by atoms with Crippen LogP contribution < -0.4 is 15.4 Å². The molecular weight excluding hydrogens is 852 g/mol. The Morgan fingerprint density at radius 1 is 1.02 bits per heavy atom. The fraction of sp³-hybridized carbons (Fsp3) is 0.542. The molecule has 65 heavy (non-hydrogen) atoms. The van der Waals surface area contributed by atoms with Crippen LogP contribution in [-0.4, -0.2) is 131 Å². The summed E-state index contributed by atoms with van der Waals surface area (Å²) >= 11 is 6.39. The van der Waals surface area contributed by atoms with Gasteiger partial charge in [-0.15, -0.1) is 0 Å². The van der Waals surface area contributed by atoms with Crippen LogP contribution in [0.25, 0.3) is 5.57 Å². The predicted molar refractivity (Wildman–Crippen MR) is 246 cm³/mol. The lowest BCUT2D eigenvalue weighted by Crippen LogP contribution is -2.57. The summed E-state index contributed by atoms with van der Waals surface area (Å²) in [6, 6.07) is 8.00. The number of aromatic carboxylic acids is 1. The molecule has 3 aromatic rings. The van der Waals surface area contributed by atoms with Crippen molar-refractivity contribution in [2.75, 3.05) is 64.4 Å². The molecule has 5 heterocycles. The predicted octanol–water partition coefficient (Wildman–Crippen LogP) is 6.29. The van der Waals surface area contributed by atoms with Gasteiger partial charge >= 0.3 is 5.97 Å². The first-order chi connectivity index (χ1) is 31.4. The Labute approximate surface area is 384 Å². The fourth-order valence-electron chi connectivity index (χ4n) is 10.0. The number of ether oxygens (including phenoxy) is 2. The number of benzene rings is 2. The highest BCUT2D eigenvalue weighted by atomic mass is 35.5. The van der Waals surface area contributed by atoms with Crippen LogP contribution in [0.3, 0.4) is 0 Å². The molecule has 3 amide bonds. The van der Waals surface area contributed by atoms with Crippen molar-refractivity contribution < 1.29 is 38.9 Å². The first-order valence-corrected chi connectivity index (χ1v) is 23.5. The summed E-state index contributed by atoms with van der Waals surface area (Å²) in [4.78, 5) is 55.2. The van der Waals surface area contributed by atoms with Gasteiger partial charge in [-0.05, 0) is 105 Å². The monoisotopic (exact) mass is 912 g/mol. The molecule has 8 rings (SSSR count). The molecule has 0 spiro atoms. The number of anilines is 1. The Hall–Kier alpha value is -5.29. The quantitative estimate of drug-likeness (QED) is 0.0781. The average Bonchev–Trinajstić information content (AvgIpc) is 3.96. The number of nitrogens with zero attached hydrogens (tertiary/aromatic N) is 6. The SMILES string of the molecule is Cc1cc(OCCCc2c3c(n(CCN4CCOCC4)c2C(=O)O)C(C2CN(CCCCCCNc4cccc5c4C(=O)N(C4CCC(=O)NC4O)C5=O)N=N2)=CC(C)C3)cc(C)c1Cl. The number of rotatable bonds is 19. The lowest BCUT2D eigenvalue weighted by atomic mass is 9.84. The van der Waals surface area contributed by atoms with Crippen molar-refractivity contribution in [3.8, 4) is 5.75 Å². The van der Waals surface area contributed by atoms with Gasteiger partial charge in [-0.1, -0.05) is 48.7 Å². The second kappa shape index (κ2) is 20.5. The number of unbranched alkanes of at least 4 members (excludes halogenated alkanes) is 3. The molecule has 4 unspecified atom stereocenters. The second-order valence-electron chi connectivity index (χ2n) is 18.0. The number of aliphatic hydroxyl groups is 1. The van der Waals surface area contributed by atoms with Crippen molar-refractivity contribution in [2.24, 2.45) is 16.3 Å². The number of halogens is 1. The molecule has 4 aliphatic heterocycles. The maximum absolute atomic E-state index is 13.5. The molecule has 0 radical (unpaired) electrons. The number of nitrogens with one attached hydrogen (secondary N) is 2. The van der Waals surface area contributed by atoms with E-state index in [4.69, 9.17) is 26.2 Å². The largest absolute Gasteiger partial charge is 0.494 e. The van der Waals surface area contributed by atoms with Crippen molar-refractivity contribution in [1.29, 1.82) is 0 Å². The number of hydrogen-bond donors (Lipinski definition) is 4. The van der Waals surface area contributed by atoms with Gasteiger partial charge in [0.25, 0.3) is 11.8 Å². The van der Waals surface area contributed by atoms with Crippen LogP contribution in [0, 0.1) is 19.8 Å². The summed E-state index contributed by atoms with van der Waals surface area (Å²) in [6.45, 7) is 12.8. The van der Waals surface area contributed by atoms with Gasteiger partial charge in [-0.3, -0.25) is 29.2 Å². The van der Waals surface area contributed by atoms with Gasteiger partial charge < -0.3 is 34.9 Å². The first-order valence-electron chi connectivity index (χ1n) is 23.2. The highest BCUT2D eigenvalue weighted by Crippen LogP contribution is 2.40. The standard InChI is InChI=1S/C48H61ClN8O8/c1-29-24-35-33(11-9-21-65-32-26-30(2)42(49)31(3)27-32)44(48(62)63)56(18-17-54-19-22-64-23-20-54)43(35)36(25-29)38-28-55(53-52-38)16-7-5-4-6-15-50-37-12-8-10-34-41(37)47(61)57(46(34)60)39-13-14-40(58)51-45(39)59/h8,10,12,25-27,29,38-39,45,50,59H,4-7,9,11,13-24,28H2,1-3H3,(H,51,58)(H,62,63). The molecule has 1 aliphatic carbocycles. The van der Waals surface area contributed by atoms with Crippen molar-refractivity contribution in [3.05, 3.63) is 86.2 Å². The Balaban J connectivity index is 0.870. The number of carboxylic acids is 1. The Kier molecular flexibility index (Phi) is 14.6. The van der Waals surface area contributed by atoms with Gasteiger partial charge in [-0.25, -0.2) is 4.79 Å². The van der Waals surface area contributed by atoms with E-state index in [9.17, 15) is 29.4 Å². The summed E-state index contributed by atoms with van der Waals surface area (Å²) in [7, 11) is 0. The number of carboxylic acid groups (broad SMARTS) is 1. The number of amides is 3. The van der Waals surface area contributed by atoms with E-state index in [-0.39, 0.29) is 30.7 Å². The second-order valence-corrected chi connectivity index (χ2v) is 18.4. The minimum absolute atomic E-state index is 0.130. The number of fused-ring (bicyclic) bond motifs is 2. The minimum atomic E-state index is -1.30. The summed E-state index contributed by atoms with van der Waals surface area (Å²) in [5, 5.41) is 39.2. The average molecular weight is 914 g/mol. The molecule has 0 saturated carbocycles. The maximum atomic E-state index is 13.5. The number of aliphatic hydroxyl groups excluding tert-OH is 1. The third-order valence-corrected chi connectivity index (χ3v) is 13.9. The lowest BCUT2D eigenvalue weighted by Gasteiger charge is -2.33. The number of imide groups is 1. The molecule has 2 fully saturated rings. The van der Waals surface area contributed by atoms with Gasteiger partial charge in [0.2, 0.25) is 5.91 Å². The van der Waals surface area contributed by atoms with Crippen LogP contribution in [0.5, 0.6) is 5.75 Å². The molecule has 5 aliphatic rings. The number of morpholine rings is 1. The number of carbonyl (C=O) groups is 4. The third kappa shape index (κ3) is 10.1. The van der Waals surface area contributed by atoms with Gasteiger partial charge in [-0.2, -0.15) is 5.11 Å². The smallest absolute Gasteiger partial charge is 0.352 e. The van der Waals surface area contributed by atoms with Crippen molar-refractivity contribution >= 4 is 46.6 Å². The number of aryl methyl sites for hydroxylation is 2. The molecule has 2 saturated heterocycles. The highest BCUT2D eigenvalue weighted by molar-refractivity contribution is 6.32. The van der Waals surface area contributed by atoms with Crippen LogP contribution in [0.1, 0.15) is 111 Å². The Bertz CT molecular complexity index is 2330. The Morgan fingerprint density at radius 3 is 2.54 bits per heavy atom. The van der Waals surface area contributed by atoms with Crippen LogP contribution in [0.15, 0.2) is 46.7 Å². The topological polar surface area (TPSA) is 191 Å². The van der Waals surface area contributed by atoms with Crippen molar-refractivity contribution in [3.63, 3.8) is 0 Å². The van der Waals surface area contributed by atoms with E-state index in [1.807, 2.05) is 31.0 Å². The van der Waals surface area contributed by atoms with Gasteiger partial charge in [0, 0.05) is 62.0 Å². The molecule has 4 atom stereocenters. The van der Waals surface area contributed by atoms with Gasteiger partial charge in [0.05, 0.1) is 49.2 Å². The molecule has 17 heteroatoms. The zero-order chi connectivity index (χ0) is 45.8. The highest BCUT2D eigenvalue weighted by Gasteiger charge is 2.45. The molecule has 348 valence electrons. The normalized spacial score (nSPS) is 22.0. The number of hydrogen-bond acceptors (Lipinski definition) is 12. The summed E-state index contributed by atoms with van der Waals surface area (Å²) in [6.07, 6.45) is 6.96. The number of aromatic nitrogens is 1. The van der Waals surface area contributed by atoms with Crippen LogP contribution in [0.4, 0.5) is 5.69 Å². The number of carbonyl (C=O) groups excluding carboxylic acids is 3. The van der Waals surface area contributed by atoms with Crippen LogP contribution in [-0.2, 0) is 28.9 Å². The van der Waals surface area contributed by atoms with Crippen molar-refractivity contribution in [1.82, 2.24) is 24.7 Å². The first kappa shape index (κ1) is 46.2. The van der Waals surface area contributed by atoms with Crippen molar-refractivity contribution in [2.45, 2.75) is 103 Å². The van der Waals surface area contributed by atoms with E-state index < -0.39 is 30.1 Å². The molecule has 0 bridgehead atoms. The zero-order valence-electron chi connectivity index (χ0n) is 37.6. The van der Waals surface area contributed by atoms with Crippen LogP contribution in [0.2, 0.25) is 5.02 Å². The van der Waals surface area contributed by atoms with E-state index in [2.05, 4.69) is 38.3 Å². The third-order valence-electron chi connectivity index (χ3n) is 13.3. The van der Waals surface area contributed by atoms with E-state index in [0.717, 1.165) is 107 Å². The van der Waals surface area contributed by atoms with E-state index in [1.165, 1.54) is 0 Å². The van der Waals surface area contributed by atoms with E-state index >= 15 is 0 Å². The Morgan fingerprint density at radius 2 is 1.78 bits per heavy atom. The molecule has 1 aromatic heterocycles. The van der Waals surface area contributed by atoms with Gasteiger partial charge in [0.1, 0.15) is 23.7 Å². The molecule has 4 N–H and O–H groups in total. The number of piperidine rings is 1. The molecule has 2 aromatic carbocycles. The van der Waals surface area contributed by atoms with E-state index in [1.54, 1.807) is 18.2 Å².